The molecule has 1 N–H and O–H groups in total. The fourth-order valence-corrected chi connectivity index (χ4v) is 1.94. The van der Waals surface area contributed by atoms with Crippen molar-refractivity contribution in [2.45, 2.75) is 19.8 Å². The molecule has 0 aromatic heterocycles. The lowest BCUT2D eigenvalue weighted by Crippen LogP contribution is -1.99. The molecule has 0 unspecified atom stereocenters. The van der Waals surface area contributed by atoms with Gasteiger partial charge in [0.15, 0.2) is 0 Å². The molecule has 2 rings (SSSR count). The Morgan fingerprint density at radius 2 is 1.88 bits per heavy atom. The normalized spacial score (nSPS) is 10.9. The minimum atomic E-state index is -0.868. The molecule has 0 bridgehead atoms. The Morgan fingerprint density at radius 3 is 2.50 bits per heavy atom. The van der Waals surface area contributed by atoms with E-state index in [-0.39, 0.29) is 0 Å². The smallest absolute Gasteiger partial charge is 0.335 e. The molecule has 82 valence electrons. The molecule has 16 heavy (non-hydrogen) atoms. The van der Waals surface area contributed by atoms with E-state index in [9.17, 15) is 4.79 Å². The van der Waals surface area contributed by atoms with Crippen molar-refractivity contribution in [1.82, 2.24) is 0 Å². The van der Waals surface area contributed by atoms with Gasteiger partial charge in [0, 0.05) is 0 Å². The maximum Gasteiger partial charge on any atom is 0.335 e. The number of hydrogen-bond acceptors (Lipinski definition) is 1. The van der Waals surface area contributed by atoms with E-state index >= 15 is 0 Å². The minimum Gasteiger partial charge on any atom is -0.478 e. The Morgan fingerprint density at radius 1 is 1.19 bits per heavy atom. The molecule has 2 nitrogen and oxygen atoms in total. The van der Waals surface area contributed by atoms with Crippen LogP contribution in [0.2, 0.25) is 0 Å². The number of carboxylic acid groups (broad SMARTS) is 1. The van der Waals surface area contributed by atoms with Crippen LogP contribution in [0.4, 0.5) is 0 Å². The van der Waals surface area contributed by atoms with Crippen LogP contribution in [0.3, 0.4) is 0 Å². The van der Waals surface area contributed by atoms with Gasteiger partial charge in [-0.25, -0.2) is 4.79 Å². The summed E-state index contributed by atoms with van der Waals surface area (Å²) in [6, 6.07) is 11.4. The summed E-state index contributed by atoms with van der Waals surface area (Å²) in [4.78, 5) is 11.0. The van der Waals surface area contributed by atoms with Crippen LogP contribution < -0.4 is 0 Å². The van der Waals surface area contributed by atoms with Gasteiger partial charge in [-0.15, -0.1) is 0 Å². The Balaban J connectivity index is 2.78. The highest BCUT2D eigenvalue weighted by molar-refractivity contribution is 5.96. The maximum atomic E-state index is 11.0. The van der Waals surface area contributed by atoms with Crippen molar-refractivity contribution in [3.8, 4) is 0 Å². The third-order valence-corrected chi connectivity index (χ3v) is 2.76. The number of benzene rings is 2. The van der Waals surface area contributed by atoms with Crippen LogP contribution in [0, 0.1) is 0 Å². The average Bonchev–Trinajstić information content (AvgIpc) is 2.27. The van der Waals surface area contributed by atoms with Crippen LogP contribution in [0.1, 0.15) is 35.7 Å². The van der Waals surface area contributed by atoms with Crippen LogP contribution in [0.25, 0.3) is 10.8 Å². The van der Waals surface area contributed by atoms with E-state index in [4.69, 9.17) is 5.11 Å². The first-order valence-corrected chi connectivity index (χ1v) is 5.35. The summed E-state index contributed by atoms with van der Waals surface area (Å²) in [5.74, 6) is -0.545. The molecule has 0 spiro atoms. The van der Waals surface area contributed by atoms with Gasteiger partial charge in [0.05, 0.1) is 5.56 Å². The largest absolute Gasteiger partial charge is 0.478 e. The average molecular weight is 214 g/mol. The van der Waals surface area contributed by atoms with Gasteiger partial charge >= 0.3 is 5.97 Å². The standard InChI is InChI=1S/C14H14O2/c1-9(2)13-8-11(14(15)16)7-10-5-3-4-6-12(10)13/h3-9H,1-2H3,(H,15,16). The second-order valence-electron chi connectivity index (χ2n) is 4.25. The number of aromatic carboxylic acids is 1. The Hall–Kier alpha value is -1.83. The first-order chi connectivity index (χ1) is 7.59. The van der Waals surface area contributed by atoms with E-state index < -0.39 is 5.97 Å². The van der Waals surface area contributed by atoms with Gasteiger partial charge < -0.3 is 5.11 Å². The highest BCUT2D eigenvalue weighted by Gasteiger charge is 2.10. The molecule has 2 aromatic carbocycles. The molecule has 0 aliphatic carbocycles. The molecule has 2 heteroatoms. The lowest BCUT2D eigenvalue weighted by molar-refractivity contribution is 0.0697. The fourth-order valence-electron chi connectivity index (χ4n) is 1.94. The zero-order chi connectivity index (χ0) is 11.7. The van der Waals surface area contributed by atoms with Crippen molar-refractivity contribution in [2.75, 3.05) is 0 Å². The summed E-state index contributed by atoms with van der Waals surface area (Å²) in [6.45, 7) is 4.15. The van der Waals surface area contributed by atoms with E-state index in [2.05, 4.69) is 13.8 Å². The van der Waals surface area contributed by atoms with Crippen LogP contribution in [0.5, 0.6) is 0 Å². The molecule has 0 aliphatic rings. The quantitative estimate of drug-likeness (QED) is 0.828. The number of rotatable bonds is 2. The number of fused-ring (bicyclic) bond motifs is 1. The number of carboxylic acids is 1. The fraction of sp³-hybridized carbons (Fsp3) is 0.214. The first kappa shape index (κ1) is 10.7. The van der Waals surface area contributed by atoms with Gasteiger partial charge in [0.2, 0.25) is 0 Å². The second kappa shape index (κ2) is 3.97. The molecule has 0 radical (unpaired) electrons. The third kappa shape index (κ3) is 1.78. The summed E-state index contributed by atoms with van der Waals surface area (Å²) in [5.41, 5.74) is 1.46. The molecule has 0 saturated carbocycles. The molecule has 0 saturated heterocycles. The lowest BCUT2D eigenvalue weighted by atomic mass is 9.94. The van der Waals surface area contributed by atoms with Crippen LogP contribution >= 0.6 is 0 Å². The molecular weight excluding hydrogens is 200 g/mol. The van der Waals surface area contributed by atoms with E-state index in [1.165, 1.54) is 0 Å². The van der Waals surface area contributed by atoms with E-state index in [0.29, 0.717) is 11.5 Å². The zero-order valence-electron chi connectivity index (χ0n) is 9.40. The summed E-state index contributed by atoms with van der Waals surface area (Å²) < 4.78 is 0. The van der Waals surface area contributed by atoms with Gasteiger partial charge in [-0.2, -0.15) is 0 Å². The highest BCUT2D eigenvalue weighted by Crippen LogP contribution is 2.27. The molecule has 0 fully saturated rings. The summed E-state index contributed by atoms with van der Waals surface area (Å²) >= 11 is 0. The van der Waals surface area contributed by atoms with E-state index in [1.807, 2.05) is 24.3 Å². The van der Waals surface area contributed by atoms with Crippen LogP contribution in [-0.2, 0) is 0 Å². The molecular formula is C14H14O2. The minimum absolute atomic E-state index is 0.323. The predicted octanol–water partition coefficient (Wildman–Crippen LogP) is 3.66. The SMILES string of the molecule is CC(C)c1cc(C(=O)O)cc2ccccc12. The second-order valence-corrected chi connectivity index (χ2v) is 4.25. The number of hydrogen-bond donors (Lipinski definition) is 1. The van der Waals surface area contributed by atoms with E-state index in [0.717, 1.165) is 16.3 Å². The summed E-state index contributed by atoms with van der Waals surface area (Å²) in [5, 5.41) is 11.2. The molecule has 0 aliphatic heterocycles. The molecule has 0 atom stereocenters. The number of carbonyl (C=O) groups is 1. The third-order valence-electron chi connectivity index (χ3n) is 2.76. The lowest BCUT2D eigenvalue weighted by Gasteiger charge is -2.11. The van der Waals surface area contributed by atoms with Crippen molar-refractivity contribution in [1.29, 1.82) is 0 Å². The van der Waals surface area contributed by atoms with Crippen molar-refractivity contribution in [2.24, 2.45) is 0 Å². The van der Waals surface area contributed by atoms with Gasteiger partial charge in [0.1, 0.15) is 0 Å². The van der Waals surface area contributed by atoms with Gasteiger partial charge in [-0.1, -0.05) is 38.1 Å². The topological polar surface area (TPSA) is 37.3 Å². The van der Waals surface area contributed by atoms with Crippen molar-refractivity contribution in [3.05, 3.63) is 47.5 Å². The monoisotopic (exact) mass is 214 g/mol. The van der Waals surface area contributed by atoms with Crippen molar-refractivity contribution >= 4 is 16.7 Å². The zero-order valence-corrected chi connectivity index (χ0v) is 9.40. The Kier molecular flexibility index (Phi) is 2.65. The highest BCUT2D eigenvalue weighted by atomic mass is 16.4. The Bertz CT molecular complexity index is 541. The molecule has 0 heterocycles. The van der Waals surface area contributed by atoms with Crippen LogP contribution in [0.15, 0.2) is 36.4 Å². The van der Waals surface area contributed by atoms with Gasteiger partial charge in [-0.3, -0.25) is 0 Å². The van der Waals surface area contributed by atoms with E-state index in [1.54, 1.807) is 12.1 Å². The van der Waals surface area contributed by atoms with Crippen LogP contribution in [-0.4, -0.2) is 11.1 Å². The van der Waals surface area contributed by atoms with Gasteiger partial charge in [0.25, 0.3) is 0 Å². The predicted molar refractivity (Wildman–Crippen MR) is 65.0 cm³/mol. The first-order valence-electron chi connectivity index (χ1n) is 5.35. The maximum absolute atomic E-state index is 11.0. The van der Waals surface area contributed by atoms with Gasteiger partial charge in [-0.05, 0) is 34.4 Å². The Labute approximate surface area is 94.5 Å². The van der Waals surface area contributed by atoms with Crippen molar-refractivity contribution in [3.63, 3.8) is 0 Å². The summed E-state index contributed by atoms with van der Waals surface area (Å²) in [6.07, 6.45) is 0. The van der Waals surface area contributed by atoms with Crippen molar-refractivity contribution < 1.29 is 9.90 Å². The molecule has 2 aromatic rings. The summed E-state index contributed by atoms with van der Waals surface area (Å²) in [7, 11) is 0. The molecule has 0 amide bonds.